The molecule has 2 rings (SSSR count). The van der Waals surface area contributed by atoms with Gasteiger partial charge in [-0.15, -0.1) is 11.8 Å². The quantitative estimate of drug-likeness (QED) is 0.632. The number of benzene rings is 2. The summed E-state index contributed by atoms with van der Waals surface area (Å²) in [4.78, 5) is 12.8. The van der Waals surface area contributed by atoms with Crippen molar-refractivity contribution in [3.05, 3.63) is 58.9 Å². The van der Waals surface area contributed by atoms with E-state index < -0.39 is 34.3 Å². The molecule has 1 atom stereocenters. The molecule has 0 fully saturated rings. The van der Waals surface area contributed by atoms with Gasteiger partial charge in [0.1, 0.15) is 0 Å². The molecule has 0 unspecified atom stereocenters. The van der Waals surface area contributed by atoms with E-state index in [0.29, 0.717) is 5.02 Å². The first-order chi connectivity index (χ1) is 10.4. The Bertz CT molecular complexity index is 694. The van der Waals surface area contributed by atoms with E-state index in [0.717, 1.165) is 17.0 Å². The van der Waals surface area contributed by atoms with Gasteiger partial charge in [0.05, 0.1) is 10.9 Å². The Morgan fingerprint density at radius 2 is 1.73 bits per heavy atom. The first-order valence-electron chi connectivity index (χ1n) is 6.25. The number of hydrogen-bond acceptors (Lipinski definition) is 2. The molecule has 0 saturated heterocycles. The van der Waals surface area contributed by atoms with Crippen molar-refractivity contribution in [2.45, 2.75) is 17.1 Å². The Balaban J connectivity index is 2.05. The van der Waals surface area contributed by atoms with Gasteiger partial charge in [0.2, 0.25) is 5.91 Å². The Hall–Kier alpha value is -1.66. The van der Waals surface area contributed by atoms with Gasteiger partial charge in [-0.05, 0) is 43.3 Å². The number of carbonyl (C=O) groups excluding carboxylic acids is 1. The second kappa shape index (κ2) is 7.07. The summed E-state index contributed by atoms with van der Waals surface area (Å²) < 4.78 is 39.4. The highest BCUT2D eigenvalue weighted by Gasteiger charge is 2.19. The van der Waals surface area contributed by atoms with E-state index in [1.165, 1.54) is 11.8 Å². The van der Waals surface area contributed by atoms with E-state index in [2.05, 4.69) is 5.32 Å². The van der Waals surface area contributed by atoms with Crippen molar-refractivity contribution in [1.29, 1.82) is 0 Å². The van der Waals surface area contributed by atoms with Gasteiger partial charge in [-0.3, -0.25) is 4.79 Å². The van der Waals surface area contributed by atoms with Crippen LogP contribution in [-0.4, -0.2) is 11.2 Å². The molecule has 0 heterocycles. The number of anilines is 1. The third-order valence-electron chi connectivity index (χ3n) is 2.79. The predicted octanol–water partition coefficient (Wildman–Crippen LogP) is 4.88. The highest BCUT2D eigenvalue weighted by Crippen LogP contribution is 2.26. The van der Waals surface area contributed by atoms with Crippen molar-refractivity contribution >= 4 is 35.0 Å². The zero-order valence-corrected chi connectivity index (χ0v) is 12.9. The van der Waals surface area contributed by atoms with Crippen molar-refractivity contribution < 1.29 is 18.0 Å². The fourth-order valence-electron chi connectivity index (χ4n) is 1.63. The number of carbonyl (C=O) groups is 1. The first kappa shape index (κ1) is 16.7. The van der Waals surface area contributed by atoms with Crippen LogP contribution in [0.3, 0.4) is 0 Å². The monoisotopic (exact) mass is 345 g/mol. The summed E-state index contributed by atoms with van der Waals surface area (Å²) in [7, 11) is 0. The normalized spacial score (nSPS) is 12.0. The fraction of sp³-hybridized carbons (Fsp3) is 0.133. The van der Waals surface area contributed by atoms with Crippen molar-refractivity contribution in [2.24, 2.45) is 0 Å². The zero-order valence-electron chi connectivity index (χ0n) is 11.4. The molecule has 7 heteroatoms. The van der Waals surface area contributed by atoms with Crippen LogP contribution in [0, 0.1) is 17.5 Å². The van der Waals surface area contributed by atoms with E-state index in [4.69, 9.17) is 11.6 Å². The lowest BCUT2D eigenvalue weighted by molar-refractivity contribution is -0.115. The molecule has 0 aliphatic carbocycles. The summed E-state index contributed by atoms with van der Waals surface area (Å²) in [5.74, 6) is -4.86. The van der Waals surface area contributed by atoms with Crippen LogP contribution >= 0.6 is 23.4 Å². The molecular formula is C15H11ClF3NOS. The van der Waals surface area contributed by atoms with Crippen LogP contribution in [0.2, 0.25) is 5.02 Å². The first-order valence-corrected chi connectivity index (χ1v) is 7.51. The van der Waals surface area contributed by atoms with Crippen LogP contribution in [0.15, 0.2) is 41.3 Å². The number of halogens is 4. The van der Waals surface area contributed by atoms with Gasteiger partial charge >= 0.3 is 0 Å². The lowest BCUT2D eigenvalue weighted by Crippen LogP contribution is -2.23. The summed E-state index contributed by atoms with van der Waals surface area (Å²) in [6.07, 6.45) is 0. The zero-order chi connectivity index (χ0) is 16.3. The molecule has 0 radical (unpaired) electrons. The minimum Gasteiger partial charge on any atom is -0.323 e. The molecule has 0 spiro atoms. The smallest absolute Gasteiger partial charge is 0.237 e. The molecule has 1 amide bonds. The highest BCUT2D eigenvalue weighted by molar-refractivity contribution is 8.00. The van der Waals surface area contributed by atoms with Crippen LogP contribution in [0.5, 0.6) is 0 Å². The molecule has 0 aromatic heterocycles. The van der Waals surface area contributed by atoms with Crippen molar-refractivity contribution in [1.82, 2.24) is 0 Å². The van der Waals surface area contributed by atoms with Crippen LogP contribution < -0.4 is 5.32 Å². The number of thioether (sulfide) groups is 1. The van der Waals surface area contributed by atoms with Gasteiger partial charge in [-0.2, -0.15) is 0 Å². The summed E-state index contributed by atoms with van der Waals surface area (Å²) in [6.45, 7) is 1.62. The van der Waals surface area contributed by atoms with Gasteiger partial charge in [-0.1, -0.05) is 11.6 Å². The van der Waals surface area contributed by atoms with E-state index in [-0.39, 0.29) is 0 Å². The van der Waals surface area contributed by atoms with Crippen LogP contribution in [-0.2, 0) is 4.79 Å². The Labute approximate surface area is 134 Å². The maximum Gasteiger partial charge on any atom is 0.237 e. The molecule has 0 aliphatic rings. The van der Waals surface area contributed by atoms with Gasteiger partial charge in [0.25, 0.3) is 0 Å². The van der Waals surface area contributed by atoms with Crippen LogP contribution in [0.1, 0.15) is 6.92 Å². The molecule has 0 saturated carbocycles. The summed E-state index contributed by atoms with van der Waals surface area (Å²) in [5.41, 5.74) is -0.396. The van der Waals surface area contributed by atoms with E-state index in [1.807, 2.05) is 0 Å². The third-order valence-corrected chi connectivity index (χ3v) is 4.15. The van der Waals surface area contributed by atoms with Gasteiger partial charge in [0.15, 0.2) is 17.5 Å². The minimum absolute atomic E-state index is 0.396. The maximum atomic E-state index is 13.5. The second-order valence-corrected chi connectivity index (χ2v) is 6.28. The summed E-state index contributed by atoms with van der Waals surface area (Å²) in [6, 6.07) is 8.59. The van der Waals surface area contributed by atoms with Crippen LogP contribution in [0.4, 0.5) is 18.9 Å². The number of amides is 1. The van der Waals surface area contributed by atoms with Gasteiger partial charge in [0, 0.05) is 9.92 Å². The molecule has 116 valence electrons. The number of rotatable bonds is 4. The average molecular weight is 346 g/mol. The number of nitrogens with one attached hydrogen (secondary N) is 1. The maximum absolute atomic E-state index is 13.5. The molecule has 2 aromatic rings. The number of hydrogen-bond donors (Lipinski definition) is 1. The molecule has 2 nitrogen and oxygen atoms in total. The van der Waals surface area contributed by atoms with E-state index in [9.17, 15) is 18.0 Å². The Kier molecular flexibility index (Phi) is 5.37. The summed E-state index contributed by atoms with van der Waals surface area (Å²) in [5, 5.41) is 2.26. The molecule has 0 aliphatic heterocycles. The predicted molar refractivity (Wildman–Crippen MR) is 81.7 cm³/mol. The second-order valence-electron chi connectivity index (χ2n) is 4.43. The Morgan fingerprint density at radius 3 is 2.36 bits per heavy atom. The van der Waals surface area contributed by atoms with Crippen molar-refractivity contribution in [3.8, 4) is 0 Å². The minimum atomic E-state index is -1.61. The molecule has 1 N–H and O–H groups in total. The molecule has 22 heavy (non-hydrogen) atoms. The molecule has 2 aromatic carbocycles. The molecule has 0 bridgehead atoms. The average Bonchev–Trinajstić information content (AvgIpc) is 2.50. The van der Waals surface area contributed by atoms with Crippen LogP contribution in [0.25, 0.3) is 0 Å². The largest absolute Gasteiger partial charge is 0.323 e. The third kappa shape index (κ3) is 3.96. The topological polar surface area (TPSA) is 29.1 Å². The Morgan fingerprint density at radius 1 is 1.09 bits per heavy atom. The van der Waals surface area contributed by atoms with Crippen molar-refractivity contribution in [3.63, 3.8) is 0 Å². The van der Waals surface area contributed by atoms with Gasteiger partial charge < -0.3 is 5.32 Å². The SMILES string of the molecule is C[C@@H](Sc1ccc(Cl)cc1)C(=O)Nc1ccc(F)c(F)c1F. The lowest BCUT2D eigenvalue weighted by Gasteiger charge is -2.13. The summed E-state index contributed by atoms with van der Waals surface area (Å²) >= 11 is 7.00. The van der Waals surface area contributed by atoms with E-state index in [1.54, 1.807) is 31.2 Å². The lowest BCUT2D eigenvalue weighted by atomic mass is 10.2. The van der Waals surface area contributed by atoms with Gasteiger partial charge in [-0.25, -0.2) is 13.2 Å². The molecular weight excluding hydrogens is 335 g/mol. The standard InChI is InChI=1S/C15H11ClF3NOS/c1-8(22-10-4-2-9(16)3-5-10)15(21)20-12-7-6-11(17)13(18)14(12)19/h2-8H,1H3,(H,20,21)/t8-/m1/s1. The van der Waals surface area contributed by atoms with E-state index >= 15 is 0 Å². The fourth-order valence-corrected chi connectivity index (χ4v) is 2.62. The van der Waals surface area contributed by atoms with Crippen molar-refractivity contribution in [2.75, 3.05) is 5.32 Å². The highest BCUT2D eigenvalue weighted by atomic mass is 35.5.